The molecule has 8 rings (SSSR count). The number of ether oxygens (including phenoxy) is 3. The van der Waals surface area contributed by atoms with Crippen LogP contribution in [-0.2, 0) is 51.9 Å². The summed E-state index contributed by atoms with van der Waals surface area (Å²) in [5.74, 6) is 2.47. The standard InChI is InChI=1S/C61H79N19O11/c1-8-79-46(28-37(5)73-79)56(84)71-59-69-44-30-40(53(63)81)32-48(88-7)51(44)77(59)21-10-11-22-78-52-45(70-60(78)72-57(85)47-29-38(6)74-80(47)9-2)31-41(54(64)82)33-49(52)89-27-13-20-75-23-25-76(26-24-75)61(87)90-34-39-15-17-42(18-16-39)67-55(83)43(14-12-19-66-35-91-65)68-58(86)50(62)36(3)4/h10-11,15-18,28-33,35-36,43,50H,8-9,12-14,19-27,34,62,65H2,1-7H3,(H2,63,81)(H2,64,82)(H,67,83)(H,68,86)(H,69,71,84)(H,70,72,85)/b11-10+,66-35?/t43-,50?/m0/s1. The molecule has 1 saturated heterocycles. The molecule has 1 aliphatic rings. The number of rotatable bonds is 30. The van der Waals surface area contributed by atoms with Crippen LogP contribution < -0.4 is 53.8 Å². The maximum absolute atomic E-state index is 14.0. The normalized spacial score (nSPS) is 13.5. The van der Waals surface area contributed by atoms with Crippen molar-refractivity contribution in [3.05, 3.63) is 112 Å². The molecule has 484 valence electrons. The monoisotopic (exact) mass is 1250 g/mol. The Morgan fingerprint density at radius 3 is 1.78 bits per heavy atom. The second-order valence-corrected chi connectivity index (χ2v) is 22.0. The van der Waals surface area contributed by atoms with Crippen LogP contribution in [0.5, 0.6) is 11.5 Å². The van der Waals surface area contributed by atoms with Crippen LogP contribution in [0, 0.1) is 19.8 Å². The van der Waals surface area contributed by atoms with Crippen molar-refractivity contribution in [3.63, 3.8) is 0 Å². The zero-order valence-electron chi connectivity index (χ0n) is 52.1. The van der Waals surface area contributed by atoms with Gasteiger partial charge in [-0.3, -0.25) is 58.7 Å². The summed E-state index contributed by atoms with van der Waals surface area (Å²) in [6, 6.07) is 14.6. The first kappa shape index (κ1) is 66.7. The van der Waals surface area contributed by atoms with E-state index in [1.165, 1.54) is 25.3 Å². The maximum Gasteiger partial charge on any atom is 0.410 e. The van der Waals surface area contributed by atoms with Gasteiger partial charge in [0.05, 0.1) is 42.2 Å². The van der Waals surface area contributed by atoms with Gasteiger partial charge in [-0.25, -0.2) is 14.8 Å². The van der Waals surface area contributed by atoms with Crippen molar-refractivity contribution in [1.82, 2.24) is 53.8 Å². The van der Waals surface area contributed by atoms with Crippen LogP contribution in [0.3, 0.4) is 0 Å². The molecule has 12 N–H and O–H groups in total. The van der Waals surface area contributed by atoms with Gasteiger partial charge >= 0.3 is 6.09 Å². The van der Waals surface area contributed by atoms with E-state index in [4.69, 9.17) is 47.3 Å². The molecule has 0 bridgehead atoms. The highest BCUT2D eigenvalue weighted by atomic mass is 16.6. The first-order valence-electron chi connectivity index (χ1n) is 29.9. The number of aromatic nitrogens is 8. The fourth-order valence-electron chi connectivity index (χ4n) is 10.3. The smallest absolute Gasteiger partial charge is 0.410 e. The number of hydrogen-bond donors (Lipinski definition) is 8. The minimum atomic E-state index is -0.879. The number of methoxy groups -OCH3 is 1. The maximum atomic E-state index is 14.0. The van der Waals surface area contributed by atoms with Gasteiger partial charge in [-0.15, -0.1) is 0 Å². The van der Waals surface area contributed by atoms with Crippen LogP contribution in [0.25, 0.3) is 22.1 Å². The number of aliphatic imine (C=N–C) groups is 1. The zero-order chi connectivity index (χ0) is 65.5. The number of imidazole rings is 2. The Bertz CT molecular complexity index is 3840. The third-order valence-electron chi connectivity index (χ3n) is 15.1. The second-order valence-electron chi connectivity index (χ2n) is 22.0. The van der Waals surface area contributed by atoms with E-state index >= 15 is 0 Å². The lowest BCUT2D eigenvalue weighted by molar-refractivity contribution is -0.128. The largest absolute Gasteiger partial charge is 0.494 e. The van der Waals surface area contributed by atoms with Crippen LogP contribution >= 0.6 is 0 Å². The summed E-state index contributed by atoms with van der Waals surface area (Å²) >= 11 is 0. The molecule has 1 fully saturated rings. The first-order chi connectivity index (χ1) is 43.7. The number of carbonyl (C=O) groups excluding carboxylic acids is 7. The zero-order valence-corrected chi connectivity index (χ0v) is 52.1. The van der Waals surface area contributed by atoms with Crippen molar-refractivity contribution >= 4 is 87.6 Å². The summed E-state index contributed by atoms with van der Waals surface area (Å²) in [6.45, 7) is 15.1. The van der Waals surface area contributed by atoms with E-state index in [2.05, 4.69) is 46.2 Å². The Hall–Kier alpha value is -10.2. The lowest BCUT2D eigenvalue weighted by atomic mass is 10.0. The summed E-state index contributed by atoms with van der Waals surface area (Å²) in [7, 11) is 1.45. The van der Waals surface area contributed by atoms with E-state index in [0.29, 0.717) is 121 Å². The van der Waals surface area contributed by atoms with E-state index in [-0.39, 0.29) is 73.2 Å². The molecule has 5 heterocycles. The van der Waals surface area contributed by atoms with E-state index in [1.54, 1.807) is 79.7 Å². The van der Waals surface area contributed by atoms with Gasteiger partial charge in [0.2, 0.25) is 35.5 Å². The van der Waals surface area contributed by atoms with Crippen molar-refractivity contribution in [1.29, 1.82) is 0 Å². The van der Waals surface area contributed by atoms with Gasteiger partial charge in [0.1, 0.15) is 46.6 Å². The molecule has 1 aliphatic heterocycles. The van der Waals surface area contributed by atoms with Crippen LogP contribution in [0.15, 0.2) is 77.8 Å². The minimum Gasteiger partial charge on any atom is -0.494 e. The lowest BCUT2D eigenvalue weighted by Crippen LogP contribution is -2.51. The molecule has 4 aromatic heterocycles. The van der Waals surface area contributed by atoms with E-state index < -0.39 is 53.6 Å². The third kappa shape index (κ3) is 16.8. The molecule has 0 saturated carbocycles. The number of amides is 7. The molecule has 7 amide bonds. The Kier molecular flexibility index (Phi) is 22.6. The number of anilines is 3. The molecule has 30 heteroatoms. The molecular formula is C61H79N19O11. The van der Waals surface area contributed by atoms with Crippen LogP contribution in [-0.4, -0.2) is 161 Å². The topological polar surface area (TPSA) is 399 Å². The fraction of sp³-hybridized carbons (Fsp3) is 0.410. The molecule has 1 unspecified atom stereocenters. The number of nitrogens with one attached hydrogen (secondary N) is 4. The van der Waals surface area contributed by atoms with Crippen LogP contribution in [0.2, 0.25) is 0 Å². The Balaban J connectivity index is 0.926. The number of benzene rings is 3. The number of allylic oxidation sites excluding steroid dienone is 2. The SMILES string of the molecule is CCn1nc(C)cc1C(=O)Nc1nc2cc(C(N)=O)cc(OC)c2n1C/C=C/Cn1c(NC(=O)c2cc(C)nn2CC)nc2cc(C(N)=O)cc(OCCCN3CCN(C(=O)OCc4ccc(NC(=O)[C@H](CCCN=CON)NC(=O)C(N)C(C)C)cc4)CC3)c21. The molecule has 0 spiro atoms. The average Bonchev–Trinajstić information content (AvgIpc) is 1.69. The highest BCUT2D eigenvalue weighted by Gasteiger charge is 2.28. The molecule has 7 aromatic rings. The van der Waals surface area contributed by atoms with Crippen molar-refractivity contribution in [2.45, 2.75) is 106 Å². The van der Waals surface area contributed by atoms with Gasteiger partial charge in [0.15, 0.2) is 6.40 Å². The van der Waals surface area contributed by atoms with E-state index in [9.17, 15) is 33.6 Å². The Morgan fingerprint density at radius 2 is 1.26 bits per heavy atom. The van der Waals surface area contributed by atoms with Gasteiger partial charge in [-0.05, 0) is 107 Å². The average molecular weight is 1250 g/mol. The van der Waals surface area contributed by atoms with E-state index in [1.807, 2.05) is 39.8 Å². The number of hydrogen-bond acceptors (Lipinski definition) is 19. The predicted molar refractivity (Wildman–Crippen MR) is 339 cm³/mol. The molecule has 0 aliphatic carbocycles. The van der Waals surface area contributed by atoms with E-state index in [0.717, 1.165) is 6.40 Å². The Labute approximate surface area is 524 Å². The number of nitrogens with zero attached hydrogens (tertiary/aromatic N) is 11. The number of fused-ring (bicyclic) bond motifs is 2. The molecule has 30 nitrogen and oxygen atoms in total. The second kappa shape index (κ2) is 30.8. The highest BCUT2D eigenvalue weighted by molar-refractivity contribution is 6.06. The van der Waals surface area contributed by atoms with Crippen molar-refractivity contribution in [2.24, 2.45) is 34.0 Å². The van der Waals surface area contributed by atoms with Crippen molar-refractivity contribution in [3.8, 4) is 11.5 Å². The predicted octanol–water partition coefficient (Wildman–Crippen LogP) is 4.23. The molecule has 0 radical (unpaired) electrons. The fourth-order valence-corrected chi connectivity index (χ4v) is 10.3. The van der Waals surface area contributed by atoms with Gasteiger partial charge in [0.25, 0.3) is 11.8 Å². The number of carbonyl (C=O) groups is 7. The van der Waals surface area contributed by atoms with Gasteiger partial charge in [-0.1, -0.05) is 38.1 Å². The lowest BCUT2D eigenvalue weighted by Gasteiger charge is -2.34. The molecule has 2 atom stereocenters. The summed E-state index contributed by atoms with van der Waals surface area (Å²) in [5.41, 5.74) is 22.6. The quantitative estimate of drug-likeness (QED) is 0.0103. The van der Waals surface area contributed by atoms with Crippen LogP contribution in [0.1, 0.15) is 106 Å². The summed E-state index contributed by atoms with van der Waals surface area (Å²) in [4.78, 5) is 114. The third-order valence-corrected chi connectivity index (χ3v) is 15.1. The molecular weight excluding hydrogens is 1170 g/mol. The van der Waals surface area contributed by atoms with Crippen molar-refractivity contribution < 1.29 is 52.6 Å². The van der Waals surface area contributed by atoms with Gasteiger partial charge < -0.3 is 60.9 Å². The minimum absolute atomic E-state index is 0.00357. The van der Waals surface area contributed by atoms with Gasteiger partial charge in [0, 0.05) is 82.3 Å². The number of primary amides is 2. The Morgan fingerprint density at radius 1 is 0.714 bits per heavy atom. The highest BCUT2D eigenvalue weighted by Crippen LogP contribution is 2.33. The first-order valence-corrected chi connectivity index (χ1v) is 29.9. The van der Waals surface area contributed by atoms with Crippen molar-refractivity contribution in [2.75, 3.05) is 68.9 Å². The number of piperazine rings is 1. The molecule has 91 heavy (non-hydrogen) atoms. The number of aryl methyl sites for hydroxylation is 4. The van der Waals surface area contributed by atoms with Gasteiger partial charge in [-0.2, -0.15) is 16.1 Å². The van der Waals surface area contributed by atoms with Crippen LogP contribution in [0.4, 0.5) is 22.4 Å². The summed E-state index contributed by atoms with van der Waals surface area (Å²) < 4.78 is 24.5. The molecule has 3 aromatic carbocycles. The number of nitrogens with two attached hydrogens (primary N) is 4. The summed E-state index contributed by atoms with van der Waals surface area (Å²) in [5, 5.41) is 20.3. The summed E-state index contributed by atoms with van der Waals surface area (Å²) in [6.07, 6.45) is 5.56.